The third-order valence-electron chi connectivity index (χ3n) is 4.62. The van der Waals surface area contributed by atoms with Gasteiger partial charge in [-0.05, 0) is 31.6 Å². The Morgan fingerprint density at radius 2 is 2.13 bits per heavy atom. The van der Waals surface area contributed by atoms with Gasteiger partial charge in [-0.3, -0.25) is 4.99 Å². The van der Waals surface area contributed by atoms with Crippen LogP contribution in [0.1, 0.15) is 42.7 Å². The molecule has 1 aliphatic carbocycles. The van der Waals surface area contributed by atoms with Crippen molar-refractivity contribution in [3.05, 3.63) is 16.1 Å². The molecule has 0 radical (unpaired) electrons. The third-order valence-corrected chi connectivity index (χ3v) is 5.55. The average molecular weight is 452 g/mol. The smallest absolute Gasteiger partial charge is 0.191 e. The number of halogens is 1. The van der Waals surface area contributed by atoms with Crippen molar-refractivity contribution in [1.29, 1.82) is 0 Å². The van der Waals surface area contributed by atoms with E-state index in [2.05, 4.69) is 20.6 Å². The summed E-state index contributed by atoms with van der Waals surface area (Å²) < 4.78 is 5.29. The van der Waals surface area contributed by atoms with Crippen LogP contribution in [0.5, 0.6) is 0 Å². The van der Waals surface area contributed by atoms with Crippen molar-refractivity contribution >= 4 is 41.3 Å². The van der Waals surface area contributed by atoms with Gasteiger partial charge >= 0.3 is 0 Å². The first-order valence-electron chi connectivity index (χ1n) is 8.01. The van der Waals surface area contributed by atoms with Crippen LogP contribution < -0.4 is 10.6 Å². The monoisotopic (exact) mass is 452 g/mol. The Hall–Kier alpha value is -0.410. The zero-order chi connectivity index (χ0) is 15.8. The van der Waals surface area contributed by atoms with Gasteiger partial charge in [0, 0.05) is 32.2 Å². The van der Waals surface area contributed by atoms with Crippen LogP contribution in [-0.4, -0.2) is 38.3 Å². The summed E-state index contributed by atoms with van der Waals surface area (Å²) in [5, 5.41) is 6.90. The van der Waals surface area contributed by atoms with Gasteiger partial charge in [0.05, 0.1) is 17.7 Å². The highest BCUT2D eigenvalue weighted by Gasteiger charge is 2.33. The number of thiazole rings is 1. The summed E-state index contributed by atoms with van der Waals surface area (Å²) >= 11 is 1.68. The Morgan fingerprint density at radius 1 is 1.39 bits per heavy atom. The maximum atomic E-state index is 5.29. The molecule has 1 aromatic rings. The molecule has 2 N–H and O–H groups in total. The minimum absolute atomic E-state index is 0. The summed E-state index contributed by atoms with van der Waals surface area (Å²) in [6.07, 6.45) is 6.36. The number of aliphatic imine (C=N–C) groups is 1. The maximum absolute atomic E-state index is 5.29. The lowest BCUT2D eigenvalue weighted by Crippen LogP contribution is -2.43. The number of guanidine groups is 1. The summed E-state index contributed by atoms with van der Waals surface area (Å²) in [6, 6.07) is 0. The second-order valence-corrected chi connectivity index (χ2v) is 7.03. The normalized spacial score (nSPS) is 16.9. The van der Waals surface area contributed by atoms with E-state index in [9.17, 15) is 0 Å². The molecule has 0 spiro atoms. The number of hydrogen-bond donors (Lipinski definition) is 2. The van der Waals surface area contributed by atoms with Gasteiger partial charge in [-0.15, -0.1) is 35.3 Å². The Kier molecular flexibility index (Phi) is 9.38. The second kappa shape index (κ2) is 10.5. The van der Waals surface area contributed by atoms with Gasteiger partial charge in [-0.25, -0.2) is 4.98 Å². The SMILES string of the molecule is CN=C(NCc1scnc1C)NCC1(CCOC)CCCC1.I. The summed E-state index contributed by atoms with van der Waals surface area (Å²) in [6.45, 7) is 4.63. The number of nitrogens with zero attached hydrogens (tertiary/aromatic N) is 2. The number of aromatic nitrogens is 1. The van der Waals surface area contributed by atoms with Crippen LogP contribution in [0.4, 0.5) is 0 Å². The minimum atomic E-state index is 0. The summed E-state index contributed by atoms with van der Waals surface area (Å²) in [5.41, 5.74) is 3.36. The summed E-state index contributed by atoms with van der Waals surface area (Å²) in [4.78, 5) is 9.88. The van der Waals surface area contributed by atoms with E-state index in [1.54, 1.807) is 18.4 Å². The molecule has 0 atom stereocenters. The van der Waals surface area contributed by atoms with E-state index in [0.717, 1.165) is 37.8 Å². The fraction of sp³-hybridized carbons (Fsp3) is 0.750. The largest absolute Gasteiger partial charge is 0.385 e. The second-order valence-electron chi connectivity index (χ2n) is 6.09. The molecule has 0 aliphatic heterocycles. The van der Waals surface area contributed by atoms with E-state index >= 15 is 0 Å². The highest BCUT2D eigenvalue weighted by Crippen LogP contribution is 2.40. The molecule has 0 aromatic carbocycles. The molecule has 132 valence electrons. The third kappa shape index (κ3) is 6.19. The van der Waals surface area contributed by atoms with Crippen molar-refractivity contribution < 1.29 is 4.74 Å². The predicted octanol–water partition coefficient (Wildman–Crippen LogP) is 3.33. The van der Waals surface area contributed by atoms with Crippen molar-refractivity contribution in [3.63, 3.8) is 0 Å². The van der Waals surface area contributed by atoms with E-state index in [1.807, 2.05) is 19.5 Å². The molecule has 5 nitrogen and oxygen atoms in total. The van der Waals surface area contributed by atoms with Crippen molar-refractivity contribution in [1.82, 2.24) is 15.6 Å². The van der Waals surface area contributed by atoms with Crippen molar-refractivity contribution in [3.8, 4) is 0 Å². The van der Waals surface area contributed by atoms with E-state index in [1.165, 1.54) is 30.6 Å². The Balaban J connectivity index is 0.00000264. The van der Waals surface area contributed by atoms with Gasteiger partial charge in [-0.1, -0.05) is 12.8 Å². The van der Waals surface area contributed by atoms with E-state index in [-0.39, 0.29) is 24.0 Å². The molecule has 7 heteroatoms. The molecule has 1 fully saturated rings. The summed E-state index contributed by atoms with van der Waals surface area (Å²) in [7, 11) is 3.61. The molecule has 23 heavy (non-hydrogen) atoms. The van der Waals surface area contributed by atoms with Crippen LogP contribution >= 0.6 is 35.3 Å². The Morgan fingerprint density at radius 3 is 2.70 bits per heavy atom. The van der Waals surface area contributed by atoms with Gasteiger partial charge in [0.2, 0.25) is 0 Å². The van der Waals surface area contributed by atoms with E-state index in [0.29, 0.717) is 5.41 Å². The van der Waals surface area contributed by atoms with Crippen LogP contribution in [0.25, 0.3) is 0 Å². The highest BCUT2D eigenvalue weighted by molar-refractivity contribution is 14.0. The number of rotatable bonds is 7. The van der Waals surface area contributed by atoms with Crippen molar-refractivity contribution in [2.75, 3.05) is 27.3 Å². The molecular weight excluding hydrogens is 423 g/mol. The number of ether oxygens (including phenoxy) is 1. The first-order chi connectivity index (χ1) is 10.7. The molecule has 0 unspecified atom stereocenters. The zero-order valence-electron chi connectivity index (χ0n) is 14.4. The maximum Gasteiger partial charge on any atom is 0.191 e. The van der Waals surface area contributed by atoms with Gasteiger partial charge in [-0.2, -0.15) is 0 Å². The van der Waals surface area contributed by atoms with Gasteiger partial charge < -0.3 is 15.4 Å². The van der Waals surface area contributed by atoms with Crippen LogP contribution in [0, 0.1) is 12.3 Å². The van der Waals surface area contributed by atoms with Crippen LogP contribution in [0.3, 0.4) is 0 Å². The lowest BCUT2D eigenvalue weighted by Gasteiger charge is -2.29. The minimum Gasteiger partial charge on any atom is -0.385 e. The van der Waals surface area contributed by atoms with Gasteiger partial charge in [0.25, 0.3) is 0 Å². The first kappa shape index (κ1) is 20.6. The van der Waals surface area contributed by atoms with E-state index < -0.39 is 0 Å². The first-order valence-corrected chi connectivity index (χ1v) is 8.89. The van der Waals surface area contributed by atoms with Crippen LogP contribution in [0.2, 0.25) is 0 Å². The highest BCUT2D eigenvalue weighted by atomic mass is 127. The van der Waals surface area contributed by atoms with Gasteiger partial charge in [0.15, 0.2) is 5.96 Å². The van der Waals surface area contributed by atoms with Crippen LogP contribution in [-0.2, 0) is 11.3 Å². The lowest BCUT2D eigenvalue weighted by atomic mass is 9.83. The molecule has 1 aliphatic rings. The fourth-order valence-corrected chi connectivity index (χ4v) is 3.83. The number of nitrogens with one attached hydrogen (secondary N) is 2. The zero-order valence-corrected chi connectivity index (χ0v) is 17.5. The van der Waals surface area contributed by atoms with Crippen LogP contribution in [0.15, 0.2) is 10.5 Å². The fourth-order valence-electron chi connectivity index (χ4n) is 3.11. The lowest BCUT2D eigenvalue weighted by molar-refractivity contribution is 0.138. The quantitative estimate of drug-likeness (QED) is 0.379. The average Bonchev–Trinajstić information content (AvgIpc) is 3.15. The predicted molar refractivity (Wildman–Crippen MR) is 108 cm³/mol. The standard InChI is InChI=1S/C16H28N4OS.HI/c1-13-14(22-12-20-13)10-18-15(17-2)19-11-16(8-9-21-3)6-4-5-7-16;/h12H,4-11H2,1-3H3,(H2,17,18,19);1H. The molecule has 0 amide bonds. The van der Waals surface area contributed by atoms with Crippen molar-refractivity contribution in [2.24, 2.45) is 10.4 Å². The number of methoxy groups -OCH3 is 1. The molecule has 1 heterocycles. The molecule has 1 saturated carbocycles. The van der Waals surface area contributed by atoms with E-state index in [4.69, 9.17) is 4.74 Å². The molecular formula is C16H29IN4OS. The topological polar surface area (TPSA) is 58.5 Å². The Bertz CT molecular complexity index is 486. The van der Waals surface area contributed by atoms with Crippen molar-refractivity contribution in [2.45, 2.75) is 45.6 Å². The Labute approximate surface area is 160 Å². The molecule has 0 bridgehead atoms. The molecule has 1 aromatic heterocycles. The summed E-state index contributed by atoms with van der Waals surface area (Å²) in [5.74, 6) is 0.872. The molecule has 2 rings (SSSR count). The molecule has 0 saturated heterocycles. The van der Waals surface area contributed by atoms with Gasteiger partial charge in [0.1, 0.15) is 0 Å². The number of hydrogen-bond acceptors (Lipinski definition) is 4. The number of aryl methyl sites for hydroxylation is 1.